The number of carbonyl (C=O) groups excluding carboxylic acids is 1. The molecule has 14 heavy (non-hydrogen) atoms. The molecule has 0 spiro atoms. The average Bonchev–Trinajstić information content (AvgIpc) is 2.15. The summed E-state index contributed by atoms with van der Waals surface area (Å²) in [6, 6.07) is 3.67. The van der Waals surface area contributed by atoms with Crippen molar-refractivity contribution in [3.05, 3.63) is 33.9 Å². The van der Waals surface area contributed by atoms with Crippen LogP contribution < -0.4 is 5.73 Å². The molecule has 0 saturated heterocycles. The predicted molar refractivity (Wildman–Crippen MR) is 48.8 cm³/mol. The van der Waals surface area contributed by atoms with Crippen molar-refractivity contribution in [1.82, 2.24) is 0 Å². The van der Waals surface area contributed by atoms with E-state index in [4.69, 9.17) is 5.73 Å². The summed E-state index contributed by atoms with van der Waals surface area (Å²) in [7, 11) is 1.22. The zero-order valence-corrected chi connectivity index (χ0v) is 7.39. The molecule has 0 heterocycles. The second-order valence-electron chi connectivity index (χ2n) is 2.52. The van der Waals surface area contributed by atoms with Gasteiger partial charge in [-0.3, -0.25) is 10.1 Å². The van der Waals surface area contributed by atoms with Gasteiger partial charge in [0, 0.05) is 6.07 Å². The van der Waals surface area contributed by atoms with Gasteiger partial charge in [-0.1, -0.05) is 0 Å². The molecule has 1 aromatic carbocycles. The van der Waals surface area contributed by atoms with Crippen LogP contribution in [0.3, 0.4) is 0 Å². The lowest BCUT2D eigenvalue weighted by molar-refractivity contribution is -0.383. The molecular formula is C8H8N2O4. The zero-order valence-electron chi connectivity index (χ0n) is 7.39. The summed E-state index contributed by atoms with van der Waals surface area (Å²) in [6.45, 7) is 0. The molecule has 0 aliphatic rings. The van der Waals surface area contributed by atoms with E-state index < -0.39 is 10.9 Å². The Balaban J connectivity index is 3.12. The molecule has 0 unspecified atom stereocenters. The van der Waals surface area contributed by atoms with Gasteiger partial charge in [0.05, 0.1) is 17.6 Å². The molecule has 0 atom stereocenters. The van der Waals surface area contributed by atoms with Crippen molar-refractivity contribution < 1.29 is 14.5 Å². The third-order valence-corrected chi connectivity index (χ3v) is 1.65. The molecular weight excluding hydrogens is 188 g/mol. The van der Waals surface area contributed by atoms with Gasteiger partial charge in [0.1, 0.15) is 5.69 Å². The van der Waals surface area contributed by atoms with Crippen LogP contribution in [0.5, 0.6) is 0 Å². The summed E-state index contributed by atoms with van der Waals surface area (Å²) >= 11 is 0. The highest BCUT2D eigenvalue weighted by Gasteiger charge is 2.14. The third-order valence-electron chi connectivity index (χ3n) is 1.65. The molecule has 0 radical (unpaired) electrons. The minimum Gasteiger partial charge on any atom is -0.465 e. The van der Waals surface area contributed by atoms with Crippen LogP contribution in [-0.2, 0) is 4.74 Å². The molecule has 0 amide bonds. The number of nitrogens with two attached hydrogens (primary N) is 1. The number of nitrogens with zero attached hydrogens (tertiary/aromatic N) is 1. The van der Waals surface area contributed by atoms with Crippen molar-refractivity contribution in [2.45, 2.75) is 0 Å². The highest BCUT2D eigenvalue weighted by atomic mass is 16.6. The van der Waals surface area contributed by atoms with E-state index in [-0.39, 0.29) is 16.9 Å². The highest BCUT2D eigenvalue weighted by molar-refractivity contribution is 5.91. The Morgan fingerprint density at radius 3 is 2.64 bits per heavy atom. The Labute approximate surface area is 79.4 Å². The molecule has 74 valence electrons. The van der Waals surface area contributed by atoms with Crippen molar-refractivity contribution in [3.8, 4) is 0 Å². The number of nitrogen functional groups attached to an aromatic ring is 1. The lowest BCUT2D eigenvalue weighted by atomic mass is 10.2. The maximum atomic E-state index is 11.0. The number of nitro benzene ring substituents is 1. The largest absolute Gasteiger partial charge is 0.465 e. The summed E-state index contributed by atoms with van der Waals surface area (Å²) in [4.78, 5) is 20.8. The van der Waals surface area contributed by atoms with Gasteiger partial charge in [-0.2, -0.15) is 0 Å². The SMILES string of the molecule is COC(=O)c1ccc([N+](=O)[O-])c(N)c1. The Hall–Kier alpha value is -2.11. The number of anilines is 1. The van der Waals surface area contributed by atoms with Gasteiger partial charge < -0.3 is 10.5 Å². The standard InChI is InChI=1S/C8H8N2O4/c1-14-8(11)5-2-3-7(10(12)13)6(9)4-5/h2-4H,9H2,1H3. The second kappa shape index (κ2) is 3.73. The van der Waals surface area contributed by atoms with Crippen molar-refractivity contribution in [1.29, 1.82) is 0 Å². The maximum Gasteiger partial charge on any atom is 0.337 e. The summed E-state index contributed by atoms with van der Waals surface area (Å²) in [5, 5.41) is 10.4. The molecule has 0 fully saturated rings. The lowest BCUT2D eigenvalue weighted by Gasteiger charge is -2.00. The van der Waals surface area contributed by atoms with E-state index in [1.807, 2.05) is 0 Å². The minimum absolute atomic E-state index is 0.0575. The van der Waals surface area contributed by atoms with Crippen molar-refractivity contribution in [2.75, 3.05) is 12.8 Å². The zero-order chi connectivity index (χ0) is 10.7. The van der Waals surface area contributed by atoms with Crippen LogP contribution in [0.1, 0.15) is 10.4 Å². The van der Waals surface area contributed by atoms with E-state index in [2.05, 4.69) is 4.74 Å². The Morgan fingerprint density at radius 2 is 2.21 bits per heavy atom. The van der Waals surface area contributed by atoms with Crippen molar-refractivity contribution >= 4 is 17.3 Å². The topological polar surface area (TPSA) is 95.5 Å². The summed E-state index contributed by atoms with van der Waals surface area (Å²) < 4.78 is 4.43. The van der Waals surface area contributed by atoms with Crippen LogP contribution in [0, 0.1) is 10.1 Å². The number of rotatable bonds is 2. The normalized spacial score (nSPS) is 9.50. The number of esters is 1. The average molecular weight is 196 g/mol. The van der Waals surface area contributed by atoms with E-state index in [9.17, 15) is 14.9 Å². The quantitative estimate of drug-likeness (QED) is 0.329. The number of carbonyl (C=O) groups is 1. The van der Waals surface area contributed by atoms with Gasteiger partial charge in [-0.25, -0.2) is 4.79 Å². The number of hydrogen-bond donors (Lipinski definition) is 1. The first-order chi connectivity index (χ1) is 6.56. The van der Waals surface area contributed by atoms with Crippen molar-refractivity contribution in [2.24, 2.45) is 0 Å². The highest BCUT2D eigenvalue weighted by Crippen LogP contribution is 2.22. The number of ether oxygens (including phenoxy) is 1. The lowest BCUT2D eigenvalue weighted by Crippen LogP contribution is -2.03. The first-order valence-electron chi connectivity index (χ1n) is 3.68. The van der Waals surface area contributed by atoms with Gasteiger partial charge in [0.25, 0.3) is 5.69 Å². The first-order valence-corrected chi connectivity index (χ1v) is 3.68. The number of hydrogen-bond acceptors (Lipinski definition) is 5. The van der Waals surface area contributed by atoms with Crippen LogP contribution >= 0.6 is 0 Å². The molecule has 1 rings (SSSR count). The van der Waals surface area contributed by atoms with E-state index in [0.29, 0.717) is 0 Å². The molecule has 0 aliphatic heterocycles. The summed E-state index contributed by atoms with van der Waals surface area (Å²) in [5.41, 5.74) is 5.27. The van der Waals surface area contributed by atoms with Gasteiger partial charge in [-0.05, 0) is 12.1 Å². The maximum absolute atomic E-state index is 11.0. The molecule has 6 heteroatoms. The van der Waals surface area contributed by atoms with Gasteiger partial charge in [0.2, 0.25) is 0 Å². The molecule has 0 saturated carbocycles. The summed E-state index contributed by atoms with van der Waals surface area (Å²) in [5.74, 6) is -0.577. The van der Waals surface area contributed by atoms with E-state index in [0.717, 1.165) is 0 Å². The third kappa shape index (κ3) is 1.79. The van der Waals surface area contributed by atoms with E-state index in [1.54, 1.807) is 0 Å². The molecule has 2 N–H and O–H groups in total. The molecule has 6 nitrogen and oxygen atoms in total. The Morgan fingerprint density at radius 1 is 1.57 bits per heavy atom. The first kappa shape index (κ1) is 9.97. The van der Waals surface area contributed by atoms with Crippen molar-refractivity contribution in [3.63, 3.8) is 0 Å². The van der Waals surface area contributed by atoms with Gasteiger partial charge in [-0.15, -0.1) is 0 Å². The van der Waals surface area contributed by atoms with E-state index in [1.165, 1.54) is 25.3 Å². The Bertz CT molecular complexity index is 389. The monoisotopic (exact) mass is 196 g/mol. The van der Waals surface area contributed by atoms with Crippen LogP contribution in [-0.4, -0.2) is 18.0 Å². The second-order valence-corrected chi connectivity index (χ2v) is 2.52. The number of methoxy groups -OCH3 is 1. The Kier molecular flexibility index (Phi) is 2.66. The van der Waals surface area contributed by atoms with Crippen LogP contribution in [0.4, 0.5) is 11.4 Å². The molecule has 0 bridgehead atoms. The smallest absolute Gasteiger partial charge is 0.337 e. The fourth-order valence-corrected chi connectivity index (χ4v) is 0.966. The molecule has 0 aliphatic carbocycles. The predicted octanol–water partition coefficient (Wildman–Crippen LogP) is 0.964. The molecule has 0 aromatic heterocycles. The van der Waals surface area contributed by atoms with Crippen LogP contribution in [0.2, 0.25) is 0 Å². The van der Waals surface area contributed by atoms with Gasteiger partial charge >= 0.3 is 5.97 Å². The number of benzene rings is 1. The van der Waals surface area contributed by atoms with Crippen LogP contribution in [0.25, 0.3) is 0 Å². The fraction of sp³-hybridized carbons (Fsp3) is 0.125. The number of nitro groups is 1. The van der Waals surface area contributed by atoms with E-state index >= 15 is 0 Å². The molecule has 1 aromatic rings. The van der Waals surface area contributed by atoms with Crippen LogP contribution in [0.15, 0.2) is 18.2 Å². The minimum atomic E-state index is -0.615. The fourth-order valence-electron chi connectivity index (χ4n) is 0.966. The summed E-state index contributed by atoms with van der Waals surface area (Å²) in [6.07, 6.45) is 0. The van der Waals surface area contributed by atoms with Gasteiger partial charge in [0.15, 0.2) is 0 Å².